The van der Waals surface area contributed by atoms with E-state index in [-0.39, 0.29) is 5.69 Å². The fourth-order valence-electron chi connectivity index (χ4n) is 1.31. The number of hydrogen-bond acceptors (Lipinski definition) is 5. The minimum atomic E-state index is -0.823. The Bertz CT molecular complexity index is 469. The molecule has 7 nitrogen and oxygen atoms in total. The number of likely N-dealkylation sites (N-methyl/N-ethyl adjacent to an activating group) is 1. The lowest BCUT2D eigenvalue weighted by molar-refractivity contribution is -0.122. The average Bonchev–Trinajstić information content (AvgIpc) is 2.68. The van der Waals surface area contributed by atoms with E-state index in [1.807, 2.05) is 6.92 Å². The smallest absolute Gasteiger partial charge is 0.343 e. The van der Waals surface area contributed by atoms with Crippen molar-refractivity contribution in [3.05, 3.63) is 10.5 Å². The van der Waals surface area contributed by atoms with Gasteiger partial charge < -0.3 is 11.1 Å². The molecule has 0 saturated heterocycles. The summed E-state index contributed by atoms with van der Waals surface area (Å²) < 4.78 is 1.56. The van der Waals surface area contributed by atoms with Crippen molar-refractivity contribution in [2.24, 2.45) is 5.73 Å². The number of primary amides is 1. The number of H-pyrrole nitrogens is 1. The summed E-state index contributed by atoms with van der Waals surface area (Å²) in [4.78, 5) is 22.8. The first kappa shape index (κ1) is 14.8. The van der Waals surface area contributed by atoms with Crippen LogP contribution in [0.4, 0.5) is 0 Å². The van der Waals surface area contributed by atoms with Crippen LogP contribution in [-0.4, -0.2) is 39.0 Å². The summed E-state index contributed by atoms with van der Waals surface area (Å²) in [5.41, 5.74) is 4.28. The van der Waals surface area contributed by atoms with E-state index in [0.717, 1.165) is 6.42 Å². The van der Waals surface area contributed by atoms with E-state index >= 15 is 0 Å². The number of nitrogens with one attached hydrogen (secondary N) is 2. The number of carbonyl (C=O) groups is 1. The number of carbonyl (C=O) groups excluding carboxylic acids is 1. The number of hydrogen-bond donors (Lipinski definition) is 3. The van der Waals surface area contributed by atoms with Crippen molar-refractivity contribution in [2.75, 3.05) is 12.8 Å². The molecule has 102 valence electrons. The van der Waals surface area contributed by atoms with E-state index < -0.39 is 11.4 Å². The Morgan fingerprint density at radius 3 is 2.83 bits per heavy atom. The van der Waals surface area contributed by atoms with Gasteiger partial charge in [0.1, 0.15) is 5.54 Å². The third-order valence-corrected chi connectivity index (χ3v) is 4.05. The first-order valence-electron chi connectivity index (χ1n) is 5.71. The number of thioether (sulfide) groups is 1. The van der Waals surface area contributed by atoms with Gasteiger partial charge in [0.05, 0.1) is 0 Å². The molecule has 1 aromatic heterocycles. The Kier molecular flexibility index (Phi) is 4.97. The van der Waals surface area contributed by atoms with Crippen LogP contribution < -0.4 is 16.7 Å². The number of rotatable bonds is 7. The molecule has 1 atom stereocenters. The van der Waals surface area contributed by atoms with Crippen LogP contribution in [0, 0.1) is 0 Å². The number of amides is 1. The van der Waals surface area contributed by atoms with Crippen molar-refractivity contribution >= 4 is 17.7 Å². The summed E-state index contributed by atoms with van der Waals surface area (Å²) >= 11 is 1.32. The maximum Gasteiger partial charge on any atom is 0.343 e. The zero-order valence-electron chi connectivity index (χ0n) is 10.8. The molecule has 1 amide bonds. The lowest BCUT2D eigenvalue weighted by Crippen LogP contribution is -2.53. The van der Waals surface area contributed by atoms with Gasteiger partial charge in [-0.2, -0.15) is 0 Å². The highest BCUT2D eigenvalue weighted by molar-refractivity contribution is 7.99. The molecule has 0 bridgehead atoms. The molecule has 0 saturated carbocycles. The third kappa shape index (κ3) is 3.14. The number of nitrogens with zero attached hydrogens (tertiary/aromatic N) is 2. The van der Waals surface area contributed by atoms with Gasteiger partial charge in [-0.3, -0.25) is 9.36 Å². The maximum atomic E-state index is 11.5. The molecule has 1 unspecified atom stereocenters. The van der Waals surface area contributed by atoms with Crippen LogP contribution in [0.3, 0.4) is 0 Å². The van der Waals surface area contributed by atoms with E-state index in [1.165, 1.54) is 11.8 Å². The van der Waals surface area contributed by atoms with Crippen molar-refractivity contribution in [3.8, 4) is 0 Å². The van der Waals surface area contributed by atoms with Gasteiger partial charge in [0, 0.05) is 12.3 Å². The molecule has 1 rings (SSSR count). The molecular weight excluding hydrogens is 254 g/mol. The molecule has 0 aromatic carbocycles. The molecule has 0 aliphatic rings. The lowest BCUT2D eigenvalue weighted by atomic mass is 10.1. The molecule has 0 aliphatic carbocycles. The van der Waals surface area contributed by atoms with Gasteiger partial charge in [0.15, 0.2) is 5.16 Å². The number of aromatic nitrogens is 3. The van der Waals surface area contributed by atoms with Gasteiger partial charge in [0.2, 0.25) is 5.91 Å². The summed E-state index contributed by atoms with van der Waals surface area (Å²) in [5, 5.41) is 9.80. The molecule has 0 aliphatic heterocycles. The molecule has 1 heterocycles. The summed E-state index contributed by atoms with van der Waals surface area (Å²) in [6.45, 7) is 4.30. The van der Waals surface area contributed by atoms with E-state index in [2.05, 4.69) is 15.5 Å². The Labute approximate surface area is 110 Å². The molecule has 8 heteroatoms. The topological polar surface area (TPSA) is 106 Å². The van der Waals surface area contributed by atoms with Crippen LogP contribution in [0.1, 0.15) is 20.3 Å². The normalized spacial score (nSPS) is 14.4. The van der Waals surface area contributed by atoms with Crippen LogP contribution in [0.25, 0.3) is 0 Å². The zero-order valence-corrected chi connectivity index (χ0v) is 11.6. The van der Waals surface area contributed by atoms with E-state index in [4.69, 9.17) is 5.73 Å². The standard InChI is InChI=1S/C10H19N5O2S/c1-4-5-15-8(17)13-14-9(15)18-6-10(2,12-3)7(11)16/h12H,4-6H2,1-3H3,(H2,11,16)(H,13,17). The Morgan fingerprint density at radius 2 is 2.33 bits per heavy atom. The quantitative estimate of drug-likeness (QED) is 0.583. The van der Waals surface area contributed by atoms with Gasteiger partial charge in [-0.15, -0.1) is 5.10 Å². The van der Waals surface area contributed by atoms with Crippen LogP contribution in [-0.2, 0) is 11.3 Å². The predicted molar refractivity (Wildman–Crippen MR) is 70.5 cm³/mol. The summed E-state index contributed by atoms with van der Waals surface area (Å²) in [6.07, 6.45) is 0.839. The first-order valence-corrected chi connectivity index (χ1v) is 6.70. The molecular formula is C10H19N5O2S. The molecule has 4 N–H and O–H groups in total. The van der Waals surface area contributed by atoms with Gasteiger partial charge >= 0.3 is 5.69 Å². The fraction of sp³-hybridized carbons (Fsp3) is 0.700. The number of aromatic amines is 1. The second kappa shape index (κ2) is 6.05. The fourth-order valence-corrected chi connectivity index (χ4v) is 2.45. The van der Waals surface area contributed by atoms with Crippen molar-refractivity contribution < 1.29 is 4.79 Å². The highest BCUT2D eigenvalue weighted by atomic mass is 32.2. The van der Waals surface area contributed by atoms with Gasteiger partial charge in [0.25, 0.3) is 0 Å². The maximum absolute atomic E-state index is 11.5. The second-order valence-corrected chi connectivity index (χ2v) is 5.14. The monoisotopic (exact) mass is 273 g/mol. The summed E-state index contributed by atoms with van der Waals surface area (Å²) in [7, 11) is 1.68. The molecule has 18 heavy (non-hydrogen) atoms. The second-order valence-electron chi connectivity index (χ2n) is 4.20. The van der Waals surface area contributed by atoms with Gasteiger partial charge in [-0.1, -0.05) is 18.7 Å². The molecule has 0 fully saturated rings. The van der Waals surface area contributed by atoms with Gasteiger partial charge in [-0.25, -0.2) is 9.89 Å². The third-order valence-electron chi connectivity index (χ3n) is 2.76. The first-order chi connectivity index (χ1) is 8.44. The minimum absolute atomic E-state index is 0.232. The Hall–Kier alpha value is -1.28. The highest BCUT2D eigenvalue weighted by Gasteiger charge is 2.29. The van der Waals surface area contributed by atoms with Gasteiger partial charge in [-0.05, 0) is 20.4 Å². The Morgan fingerprint density at radius 1 is 1.67 bits per heavy atom. The molecule has 0 radical (unpaired) electrons. The van der Waals surface area contributed by atoms with Crippen LogP contribution in [0.5, 0.6) is 0 Å². The zero-order chi connectivity index (χ0) is 13.8. The largest absolute Gasteiger partial charge is 0.368 e. The molecule has 1 aromatic rings. The average molecular weight is 273 g/mol. The van der Waals surface area contributed by atoms with Crippen molar-refractivity contribution in [2.45, 2.75) is 37.5 Å². The van der Waals surface area contributed by atoms with Crippen molar-refractivity contribution in [3.63, 3.8) is 0 Å². The SMILES string of the molecule is CCCn1c(SCC(C)(NC)C(N)=O)n[nH]c1=O. The minimum Gasteiger partial charge on any atom is -0.368 e. The van der Waals surface area contributed by atoms with Crippen LogP contribution in [0.2, 0.25) is 0 Å². The summed E-state index contributed by atoms with van der Waals surface area (Å²) in [5.74, 6) is -0.0234. The van der Waals surface area contributed by atoms with Crippen molar-refractivity contribution in [1.82, 2.24) is 20.1 Å². The van der Waals surface area contributed by atoms with Crippen molar-refractivity contribution in [1.29, 1.82) is 0 Å². The van der Waals surface area contributed by atoms with E-state index in [1.54, 1.807) is 18.5 Å². The van der Waals surface area contributed by atoms with E-state index in [9.17, 15) is 9.59 Å². The predicted octanol–water partition coefficient (Wildman–Crippen LogP) is -0.463. The van der Waals surface area contributed by atoms with Crippen LogP contribution >= 0.6 is 11.8 Å². The number of nitrogens with two attached hydrogens (primary N) is 1. The lowest BCUT2D eigenvalue weighted by Gasteiger charge is -2.24. The molecule has 0 spiro atoms. The van der Waals surface area contributed by atoms with Crippen LogP contribution in [0.15, 0.2) is 9.95 Å². The highest BCUT2D eigenvalue weighted by Crippen LogP contribution is 2.19. The van der Waals surface area contributed by atoms with E-state index in [0.29, 0.717) is 17.5 Å². The Balaban J connectivity index is 2.80. The summed E-state index contributed by atoms with van der Waals surface area (Å²) in [6, 6.07) is 0.